The van der Waals surface area contributed by atoms with Gasteiger partial charge in [0.05, 0.1) is 12.8 Å². The molecule has 1 fully saturated rings. The van der Waals surface area contributed by atoms with Crippen molar-refractivity contribution in [1.82, 2.24) is 4.90 Å². The van der Waals surface area contributed by atoms with Gasteiger partial charge in [0.2, 0.25) is 0 Å². The normalized spacial score (nSPS) is 24.7. The van der Waals surface area contributed by atoms with Gasteiger partial charge in [-0.2, -0.15) is 0 Å². The Kier molecular flexibility index (Phi) is 5.89. The molecule has 0 aromatic heterocycles. The molecular formula is C22H29ClN2O7. The third-order valence-electron chi connectivity index (χ3n) is 5.13. The molecule has 32 heavy (non-hydrogen) atoms. The van der Waals surface area contributed by atoms with Gasteiger partial charge < -0.3 is 19.3 Å². The zero-order valence-corrected chi connectivity index (χ0v) is 20.0. The predicted molar refractivity (Wildman–Crippen MR) is 116 cm³/mol. The summed E-state index contributed by atoms with van der Waals surface area (Å²) in [4.78, 5) is 41.3. The second-order valence-corrected chi connectivity index (χ2v) is 10.4. The van der Waals surface area contributed by atoms with Crippen molar-refractivity contribution in [2.45, 2.75) is 77.0 Å². The molecule has 2 heterocycles. The number of methoxy groups -OCH3 is 1. The summed E-state index contributed by atoms with van der Waals surface area (Å²) in [5, 5.41) is 12.1. The minimum atomic E-state index is -1.77. The number of carbonyl (C=O) groups is 3. The molecule has 0 bridgehead atoms. The molecule has 1 aromatic rings. The lowest BCUT2D eigenvalue weighted by molar-refractivity contribution is -0.146. The van der Waals surface area contributed by atoms with Crippen molar-refractivity contribution >= 4 is 35.4 Å². The zero-order valence-electron chi connectivity index (χ0n) is 19.3. The van der Waals surface area contributed by atoms with E-state index in [4.69, 9.17) is 25.8 Å². The Hall–Kier alpha value is -2.52. The molecule has 10 heteroatoms. The molecule has 1 N–H and O–H groups in total. The van der Waals surface area contributed by atoms with Crippen LogP contribution >= 0.6 is 11.6 Å². The second-order valence-electron chi connectivity index (χ2n) is 9.94. The number of benzene rings is 1. The highest BCUT2D eigenvalue weighted by Gasteiger charge is 2.66. The van der Waals surface area contributed by atoms with E-state index in [0.717, 1.165) is 9.80 Å². The number of hydrogen-bond donors (Lipinski definition) is 1. The van der Waals surface area contributed by atoms with Crippen molar-refractivity contribution in [2.75, 3.05) is 12.0 Å². The fourth-order valence-corrected chi connectivity index (χ4v) is 4.24. The van der Waals surface area contributed by atoms with Crippen molar-refractivity contribution in [3.63, 3.8) is 0 Å². The van der Waals surface area contributed by atoms with E-state index in [0.29, 0.717) is 10.6 Å². The Bertz CT molecular complexity index is 953. The summed E-state index contributed by atoms with van der Waals surface area (Å²) < 4.78 is 16.0. The Balaban J connectivity index is 2.18. The summed E-state index contributed by atoms with van der Waals surface area (Å²) in [6.45, 7) is 10.1. The van der Waals surface area contributed by atoms with Gasteiger partial charge in [-0.1, -0.05) is 17.7 Å². The van der Waals surface area contributed by atoms with Crippen LogP contribution in [0, 0.1) is 0 Å². The largest absolute Gasteiger partial charge is 0.467 e. The van der Waals surface area contributed by atoms with E-state index in [1.165, 1.54) is 13.2 Å². The first kappa shape index (κ1) is 24.1. The van der Waals surface area contributed by atoms with Gasteiger partial charge in [-0.3, -0.25) is 9.80 Å². The molecule has 2 amide bonds. The quantitative estimate of drug-likeness (QED) is 0.493. The van der Waals surface area contributed by atoms with Crippen molar-refractivity contribution in [1.29, 1.82) is 0 Å². The van der Waals surface area contributed by atoms with Gasteiger partial charge in [-0.25, -0.2) is 14.4 Å². The fourth-order valence-electron chi connectivity index (χ4n) is 4.07. The molecular weight excluding hydrogens is 440 g/mol. The summed E-state index contributed by atoms with van der Waals surface area (Å²) in [6.07, 6.45) is -3.18. The minimum absolute atomic E-state index is 0.197. The number of ether oxygens (including phenoxy) is 3. The number of esters is 1. The summed E-state index contributed by atoms with van der Waals surface area (Å²) in [5.41, 5.74) is -2.88. The first-order chi connectivity index (χ1) is 14.6. The third-order valence-corrected chi connectivity index (χ3v) is 5.36. The van der Waals surface area contributed by atoms with Crippen LogP contribution in [0.4, 0.5) is 15.3 Å². The highest BCUT2D eigenvalue weighted by atomic mass is 35.5. The van der Waals surface area contributed by atoms with Crippen molar-refractivity contribution in [2.24, 2.45) is 0 Å². The molecule has 176 valence electrons. The van der Waals surface area contributed by atoms with Crippen LogP contribution in [-0.4, -0.2) is 58.7 Å². The van der Waals surface area contributed by atoms with E-state index in [2.05, 4.69) is 0 Å². The van der Waals surface area contributed by atoms with Gasteiger partial charge in [-0.15, -0.1) is 0 Å². The third kappa shape index (κ3) is 4.23. The smallest absolute Gasteiger partial charge is 0.416 e. The number of carbonyl (C=O) groups excluding carboxylic acids is 3. The predicted octanol–water partition coefficient (Wildman–Crippen LogP) is 3.79. The van der Waals surface area contributed by atoms with E-state index in [1.807, 2.05) is 0 Å². The molecule has 0 aliphatic carbocycles. The van der Waals surface area contributed by atoms with Crippen LogP contribution in [0.1, 0.15) is 53.5 Å². The monoisotopic (exact) mass is 468 g/mol. The van der Waals surface area contributed by atoms with Crippen molar-refractivity contribution in [3.8, 4) is 0 Å². The van der Waals surface area contributed by atoms with E-state index in [9.17, 15) is 19.5 Å². The zero-order chi connectivity index (χ0) is 24.2. The maximum Gasteiger partial charge on any atom is 0.416 e. The van der Waals surface area contributed by atoms with E-state index >= 15 is 0 Å². The molecule has 2 aliphatic heterocycles. The van der Waals surface area contributed by atoms with Crippen LogP contribution in [0.5, 0.6) is 0 Å². The second kappa shape index (κ2) is 7.81. The molecule has 0 saturated carbocycles. The number of likely N-dealkylation sites (tertiary alicyclic amines) is 1. The summed E-state index contributed by atoms with van der Waals surface area (Å²) >= 11 is 6.18. The highest BCUT2D eigenvalue weighted by molar-refractivity contribution is 6.31. The summed E-state index contributed by atoms with van der Waals surface area (Å²) in [5.74, 6) is -0.738. The van der Waals surface area contributed by atoms with Crippen molar-refractivity contribution in [3.05, 3.63) is 28.8 Å². The molecule has 0 radical (unpaired) electrons. The van der Waals surface area contributed by atoms with E-state index < -0.39 is 47.2 Å². The Morgan fingerprint density at radius 3 is 2.16 bits per heavy atom. The van der Waals surface area contributed by atoms with E-state index in [-0.39, 0.29) is 12.1 Å². The van der Waals surface area contributed by atoms with Gasteiger partial charge in [0.1, 0.15) is 22.8 Å². The molecule has 9 nitrogen and oxygen atoms in total. The topological polar surface area (TPSA) is 106 Å². The van der Waals surface area contributed by atoms with Crippen LogP contribution in [0.15, 0.2) is 18.2 Å². The number of nitrogens with zero attached hydrogens (tertiary/aromatic N) is 2. The Labute approximate surface area is 192 Å². The molecule has 1 aromatic carbocycles. The average molecular weight is 469 g/mol. The number of rotatable bonds is 1. The van der Waals surface area contributed by atoms with E-state index in [1.54, 1.807) is 53.7 Å². The van der Waals surface area contributed by atoms with Gasteiger partial charge in [-0.05, 0) is 53.7 Å². The number of fused-ring (bicyclic) bond motifs is 3. The van der Waals surface area contributed by atoms with Crippen molar-refractivity contribution < 1.29 is 33.7 Å². The lowest BCUT2D eigenvalue weighted by Crippen LogP contribution is -2.57. The molecule has 2 aliphatic rings. The van der Waals surface area contributed by atoms with Gasteiger partial charge in [0.25, 0.3) is 0 Å². The van der Waals surface area contributed by atoms with Gasteiger partial charge >= 0.3 is 18.2 Å². The number of hydrogen-bond acceptors (Lipinski definition) is 7. The van der Waals surface area contributed by atoms with Crippen LogP contribution in [0.2, 0.25) is 5.02 Å². The summed E-state index contributed by atoms with van der Waals surface area (Å²) in [6, 6.07) is 3.47. The first-order valence-corrected chi connectivity index (χ1v) is 10.6. The first-order valence-electron chi connectivity index (χ1n) is 10.2. The number of anilines is 1. The minimum Gasteiger partial charge on any atom is -0.467 e. The lowest BCUT2D eigenvalue weighted by atomic mass is 9.91. The summed E-state index contributed by atoms with van der Waals surface area (Å²) in [7, 11) is 1.19. The van der Waals surface area contributed by atoms with Crippen LogP contribution < -0.4 is 4.90 Å². The maximum absolute atomic E-state index is 13.3. The van der Waals surface area contributed by atoms with Crippen LogP contribution in [0.25, 0.3) is 0 Å². The maximum atomic E-state index is 13.3. The molecule has 3 rings (SSSR count). The van der Waals surface area contributed by atoms with Crippen LogP contribution in [0.3, 0.4) is 0 Å². The van der Waals surface area contributed by atoms with Crippen LogP contribution in [-0.2, 0) is 24.6 Å². The standard InChI is InChI=1S/C22H29ClN2O7/c1-20(2,3)31-18(27)24-14-10-12(23)8-9-13(14)22(29)11-15(16(26)30-7)25(17(22)24)19(28)32-21(4,5)6/h8-10,15,17,29H,11H2,1-7H3/t15-,17+,22-/m1/s1. The molecule has 3 atom stereocenters. The molecule has 1 saturated heterocycles. The Morgan fingerprint density at radius 1 is 1.06 bits per heavy atom. The SMILES string of the molecule is COC(=O)[C@H]1C[C@@]2(O)c3ccc(Cl)cc3N(C(=O)OC(C)(C)C)[C@H]2N1C(=O)OC(C)(C)C. The number of aliphatic hydroxyl groups is 1. The van der Waals surface area contributed by atoms with Gasteiger partial charge in [0.15, 0.2) is 6.17 Å². The lowest BCUT2D eigenvalue weighted by Gasteiger charge is -2.37. The average Bonchev–Trinajstić information content (AvgIpc) is 3.04. The number of amides is 2. The molecule has 0 spiro atoms. The number of halogens is 1. The Morgan fingerprint density at radius 2 is 1.62 bits per heavy atom. The van der Waals surface area contributed by atoms with Gasteiger partial charge in [0, 0.05) is 17.0 Å². The highest BCUT2D eigenvalue weighted by Crippen LogP contribution is 2.54. The molecule has 0 unspecified atom stereocenters. The fraction of sp³-hybridized carbons (Fsp3) is 0.591.